The molecule has 2 rings (SSSR count). The van der Waals surface area contributed by atoms with Gasteiger partial charge in [-0.1, -0.05) is 55.0 Å². The summed E-state index contributed by atoms with van der Waals surface area (Å²) in [6, 6.07) is 9.99. The van der Waals surface area contributed by atoms with Crippen LogP contribution in [0, 0.1) is 0 Å². The number of nitrogens with zero attached hydrogens (tertiary/aromatic N) is 1. The number of ether oxygens (including phenoxy) is 1. The molecule has 0 spiro atoms. The van der Waals surface area contributed by atoms with Gasteiger partial charge in [-0.3, -0.25) is 0 Å². The minimum atomic E-state index is 0.418. The lowest BCUT2D eigenvalue weighted by molar-refractivity contribution is 0.479. The number of aromatic nitrogens is 1. The van der Waals surface area contributed by atoms with Crippen LogP contribution in [-0.2, 0) is 6.54 Å². The van der Waals surface area contributed by atoms with Crippen molar-refractivity contribution in [2.24, 2.45) is 0 Å². The van der Waals surface area contributed by atoms with Crippen LogP contribution in [0.5, 0.6) is 10.9 Å². The Kier molecular flexibility index (Phi) is 4.58. The maximum atomic E-state index is 6.07. The van der Waals surface area contributed by atoms with Crippen LogP contribution >= 0.6 is 22.9 Å². The van der Waals surface area contributed by atoms with Crippen molar-refractivity contribution >= 4 is 22.9 Å². The maximum Gasteiger partial charge on any atom is 0.280 e. The third-order valence-corrected chi connectivity index (χ3v) is 3.61. The van der Waals surface area contributed by atoms with Crippen molar-refractivity contribution < 1.29 is 4.74 Å². The number of hydrogen-bond acceptors (Lipinski definition) is 4. The fourth-order valence-electron chi connectivity index (χ4n) is 1.35. The molecule has 1 aromatic heterocycles. The molecular formula is C13H15ClN2OS. The molecular weight excluding hydrogens is 268 g/mol. The monoisotopic (exact) mass is 282 g/mol. The Balaban J connectivity index is 2.04. The second kappa shape index (κ2) is 6.18. The molecule has 0 amide bonds. The first-order valence-corrected chi connectivity index (χ1v) is 6.96. The fourth-order valence-corrected chi connectivity index (χ4v) is 2.43. The average molecular weight is 283 g/mol. The minimum Gasteiger partial charge on any atom is -0.431 e. The van der Waals surface area contributed by atoms with E-state index in [-0.39, 0.29) is 0 Å². The first-order chi connectivity index (χ1) is 8.65. The molecule has 0 aliphatic carbocycles. The topological polar surface area (TPSA) is 34.1 Å². The molecule has 0 bridgehead atoms. The van der Waals surface area contributed by atoms with E-state index in [1.807, 2.05) is 30.3 Å². The molecule has 0 saturated carbocycles. The van der Waals surface area contributed by atoms with Gasteiger partial charge in [0.2, 0.25) is 0 Å². The van der Waals surface area contributed by atoms with Crippen LogP contribution < -0.4 is 10.1 Å². The number of nitrogens with one attached hydrogen (secondary N) is 1. The van der Waals surface area contributed by atoms with Crippen LogP contribution in [0.3, 0.4) is 0 Å². The molecule has 1 aromatic carbocycles. The molecule has 3 nitrogen and oxygen atoms in total. The third kappa shape index (κ3) is 3.70. The predicted molar refractivity (Wildman–Crippen MR) is 75.6 cm³/mol. The summed E-state index contributed by atoms with van der Waals surface area (Å²) in [5, 5.41) is 4.40. The largest absolute Gasteiger partial charge is 0.431 e. The summed E-state index contributed by atoms with van der Waals surface area (Å²) in [5.74, 6) is 0.770. The van der Waals surface area contributed by atoms with Gasteiger partial charge in [-0.25, -0.2) is 0 Å². The van der Waals surface area contributed by atoms with Crippen molar-refractivity contribution in [2.45, 2.75) is 26.4 Å². The van der Waals surface area contributed by atoms with E-state index >= 15 is 0 Å². The van der Waals surface area contributed by atoms with Crippen LogP contribution in [0.25, 0.3) is 0 Å². The fraction of sp³-hybridized carbons (Fsp3) is 0.308. The number of benzene rings is 1. The van der Waals surface area contributed by atoms with Crippen LogP contribution in [0.1, 0.15) is 18.7 Å². The van der Waals surface area contributed by atoms with E-state index in [9.17, 15) is 0 Å². The molecule has 0 aliphatic rings. The standard InChI is InChI=1S/C13H15ClN2OS/c1-9(2)15-8-11-12(14)16-13(18-11)17-10-6-4-3-5-7-10/h3-7,9,15H,8H2,1-2H3. The third-order valence-electron chi connectivity index (χ3n) is 2.25. The van der Waals surface area contributed by atoms with Crippen LogP contribution in [0.4, 0.5) is 0 Å². The van der Waals surface area contributed by atoms with Gasteiger partial charge in [0.1, 0.15) is 10.9 Å². The maximum absolute atomic E-state index is 6.07. The van der Waals surface area contributed by atoms with E-state index < -0.39 is 0 Å². The SMILES string of the molecule is CC(C)NCc1sc(Oc2ccccc2)nc1Cl. The van der Waals surface area contributed by atoms with Crippen molar-refractivity contribution in [1.82, 2.24) is 10.3 Å². The quantitative estimate of drug-likeness (QED) is 0.897. The van der Waals surface area contributed by atoms with E-state index in [2.05, 4.69) is 24.1 Å². The molecule has 0 unspecified atom stereocenters. The zero-order chi connectivity index (χ0) is 13.0. The Morgan fingerprint density at radius 2 is 2.06 bits per heavy atom. The van der Waals surface area contributed by atoms with Gasteiger partial charge in [0.05, 0.1) is 4.88 Å². The molecule has 2 aromatic rings. The number of hydrogen-bond donors (Lipinski definition) is 1. The summed E-state index contributed by atoms with van der Waals surface area (Å²) in [4.78, 5) is 5.20. The molecule has 1 N–H and O–H groups in total. The first-order valence-electron chi connectivity index (χ1n) is 5.76. The van der Waals surface area contributed by atoms with Crippen molar-refractivity contribution in [3.8, 4) is 10.9 Å². The highest BCUT2D eigenvalue weighted by molar-refractivity contribution is 7.14. The Morgan fingerprint density at radius 1 is 1.33 bits per heavy atom. The summed E-state index contributed by atoms with van der Waals surface area (Å²) >= 11 is 7.54. The molecule has 18 heavy (non-hydrogen) atoms. The van der Waals surface area contributed by atoms with Gasteiger partial charge < -0.3 is 10.1 Å². The number of thiazole rings is 1. The Morgan fingerprint density at radius 3 is 2.72 bits per heavy atom. The summed E-state index contributed by atoms with van der Waals surface area (Å²) in [6.45, 7) is 4.90. The molecule has 0 saturated heterocycles. The zero-order valence-corrected chi connectivity index (χ0v) is 11.9. The highest BCUT2D eigenvalue weighted by Gasteiger charge is 2.11. The normalized spacial score (nSPS) is 10.9. The minimum absolute atomic E-state index is 0.418. The lowest BCUT2D eigenvalue weighted by Crippen LogP contribution is -2.21. The van der Waals surface area contributed by atoms with Gasteiger partial charge >= 0.3 is 0 Å². The number of halogens is 1. The molecule has 0 radical (unpaired) electrons. The number of para-hydroxylation sites is 1. The van der Waals surface area contributed by atoms with Crippen LogP contribution in [0.15, 0.2) is 30.3 Å². The van der Waals surface area contributed by atoms with Crippen molar-refractivity contribution in [3.05, 3.63) is 40.4 Å². The van der Waals surface area contributed by atoms with Gasteiger partial charge in [-0.05, 0) is 12.1 Å². The van der Waals surface area contributed by atoms with E-state index in [1.165, 1.54) is 11.3 Å². The molecule has 1 heterocycles. The van der Waals surface area contributed by atoms with Gasteiger partial charge in [-0.15, -0.1) is 0 Å². The lowest BCUT2D eigenvalue weighted by Gasteiger charge is -2.05. The van der Waals surface area contributed by atoms with Crippen molar-refractivity contribution in [1.29, 1.82) is 0 Å². The smallest absolute Gasteiger partial charge is 0.280 e. The van der Waals surface area contributed by atoms with E-state index in [4.69, 9.17) is 16.3 Å². The number of rotatable bonds is 5. The van der Waals surface area contributed by atoms with Crippen LogP contribution in [-0.4, -0.2) is 11.0 Å². The van der Waals surface area contributed by atoms with E-state index in [0.717, 1.165) is 10.6 Å². The molecule has 0 fully saturated rings. The average Bonchev–Trinajstić information content (AvgIpc) is 2.68. The van der Waals surface area contributed by atoms with Gasteiger partial charge in [0.15, 0.2) is 0 Å². The summed E-state index contributed by atoms with van der Waals surface area (Å²) < 4.78 is 5.64. The van der Waals surface area contributed by atoms with Crippen molar-refractivity contribution in [2.75, 3.05) is 0 Å². The molecule has 5 heteroatoms. The molecule has 0 atom stereocenters. The van der Waals surface area contributed by atoms with E-state index in [1.54, 1.807) is 0 Å². The first kappa shape index (κ1) is 13.3. The Hall–Kier alpha value is -1.10. The van der Waals surface area contributed by atoms with Gasteiger partial charge in [0, 0.05) is 12.6 Å². The lowest BCUT2D eigenvalue weighted by atomic mass is 10.3. The molecule has 0 aliphatic heterocycles. The predicted octanol–water partition coefficient (Wildman–Crippen LogP) is 4.09. The van der Waals surface area contributed by atoms with Gasteiger partial charge in [-0.2, -0.15) is 4.98 Å². The van der Waals surface area contributed by atoms with Gasteiger partial charge in [0.25, 0.3) is 5.19 Å². The second-order valence-corrected chi connectivity index (χ2v) is 5.55. The summed E-state index contributed by atoms with van der Waals surface area (Å²) in [6.07, 6.45) is 0. The summed E-state index contributed by atoms with van der Waals surface area (Å²) in [5.41, 5.74) is 0. The highest BCUT2D eigenvalue weighted by atomic mass is 35.5. The second-order valence-electron chi connectivity index (χ2n) is 4.14. The zero-order valence-electron chi connectivity index (χ0n) is 10.3. The molecule has 96 valence electrons. The van der Waals surface area contributed by atoms with Crippen molar-refractivity contribution in [3.63, 3.8) is 0 Å². The highest BCUT2D eigenvalue weighted by Crippen LogP contribution is 2.31. The van der Waals surface area contributed by atoms with Crippen LogP contribution in [0.2, 0.25) is 5.15 Å². The summed E-state index contributed by atoms with van der Waals surface area (Å²) in [7, 11) is 0. The van der Waals surface area contributed by atoms with E-state index in [0.29, 0.717) is 22.9 Å². The Labute approximate surface area is 116 Å². The Bertz CT molecular complexity index is 499.